The van der Waals surface area contributed by atoms with Gasteiger partial charge in [-0.2, -0.15) is 0 Å². The van der Waals surface area contributed by atoms with Crippen LogP contribution in [0.5, 0.6) is 0 Å². The van der Waals surface area contributed by atoms with Gasteiger partial charge < -0.3 is 11.1 Å². The van der Waals surface area contributed by atoms with Gasteiger partial charge in [0, 0.05) is 4.88 Å². The van der Waals surface area contributed by atoms with Crippen LogP contribution in [0.15, 0.2) is 29.3 Å². The molecule has 4 rings (SSSR count). The van der Waals surface area contributed by atoms with Crippen molar-refractivity contribution in [2.75, 3.05) is 5.32 Å². The van der Waals surface area contributed by atoms with Gasteiger partial charge >= 0.3 is 0 Å². The molecule has 2 amide bonds. The summed E-state index contributed by atoms with van der Waals surface area (Å²) in [5.74, 6) is -0.924. The molecule has 28 heavy (non-hydrogen) atoms. The van der Waals surface area contributed by atoms with E-state index in [2.05, 4.69) is 10.3 Å². The molecule has 1 aliphatic rings. The molecule has 3 aromatic rings. The van der Waals surface area contributed by atoms with E-state index in [0.717, 1.165) is 41.7 Å². The van der Waals surface area contributed by atoms with E-state index in [1.807, 2.05) is 13.0 Å². The van der Waals surface area contributed by atoms with Gasteiger partial charge in [-0.3, -0.25) is 19.0 Å². The minimum absolute atomic E-state index is 0.184. The van der Waals surface area contributed by atoms with Crippen molar-refractivity contribution in [2.24, 2.45) is 5.73 Å². The Morgan fingerprint density at radius 1 is 1.29 bits per heavy atom. The summed E-state index contributed by atoms with van der Waals surface area (Å²) in [6.45, 7) is 1.70. The topological polar surface area (TPSA) is 107 Å². The molecule has 0 aliphatic heterocycles. The second-order valence-electron chi connectivity index (χ2n) is 6.98. The largest absolute Gasteiger partial charge is 0.365 e. The fraction of sp³-hybridized carbons (Fsp3) is 0.300. The first-order valence-corrected chi connectivity index (χ1v) is 9.96. The van der Waals surface area contributed by atoms with Crippen LogP contribution in [0.25, 0.3) is 10.9 Å². The third-order valence-electron chi connectivity index (χ3n) is 5.04. The summed E-state index contributed by atoms with van der Waals surface area (Å²) in [5.41, 5.74) is 8.19. The molecule has 0 radical (unpaired) electrons. The normalized spacial score (nSPS) is 13.3. The first-order chi connectivity index (χ1) is 13.5. The summed E-state index contributed by atoms with van der Waals surface area (Å²) in [4.78, 5) is 42.6. The smallest absolute Gasteiger partial charge is 0.261 e. The van der Waals surface area contributed by atoms with Gasteiger partial charge in [-0.15, -0.1) is 11.3 Å². The zero-order chi connectivity index (χ0) is 19.8. The molecule has 0 unspecified atom stereocenters. The number of aryl methyl sites for hydroxylation is 2. The number of fused-ring (bicyclic) bond motifs is 2. The fourth-order valence-electron chi connectivity index (χ4n) is 3.69. The Morgan fingerprint density at radius 3 is 2.86 bits per heavy atom. The number of carbonyl (C=O) groups is 2. The highest BCUT2D eigenvalue weighted by Crippen LogP contribution is 2.37. The molecule has 0 atom stereocenters. The van der Waals surface area contributed by atoms with Crippen molar-refractivity contribution in [1.29, 1.82) is 0 Å². The van der Waals surface area contributed by atoms with Crippen molar-refractivity contribution in [3.8, 4) is 0 Å². The molecule has 7 nitrogen and oxygen atoms in total. The molecule has 1 aliphatic carbocycles. The average molecular weight is 396 g/mol. The third-order valence-corrected chi connectivity index (χ3v) is 6.25. The molecular weight excluding hydrogens is 376 g/mol. The highest BCUT2D eigenvalue weighted by atomic mass is 32.1. The molecule has 0 fully saturated rings. The number of carbonyl (C=O) groups excluding carboxylic acids is 2. The van der Waals surface area contributed by atoms with Crippen molar-refractivity contribution in [3.05, 3.63) is 56.4 Å². The first-order valence-electron chi connectivity index (χ1n) is 9.14. The molecule has 0 saturated heterocycles. The molecule has 0 bridgehead atoms. The van der Waals surface area contributed by atoms with Crippen LogP contribution < -0.4 is 16.6 Å². The number of hydrogen-bond donors (Lipinski definition) is 2. The molecule has 0 saturated carbocycles. The first kappa shape index (κ1) is 18.4. The van der Waals surface area contributed by atoms with Crippen LogP contribution in [0, 0.1) is 6.92 Å². The van der Waals surface area contributed by atoms with Crippen molar-refractivity contribution < 1.29 is 9.59 Å². The van der Waals surface area contributed by atoms with Crippen LogP contribution in [0.3, 0.4) is 0 Å². The second-order valence-corrected chi connectivity index (χ2v) is 8.08. The number of para-hydroxylation sites is 1. The molecule has 144 valence electrons. The van der Waals surface area contributed by atoms with E-state index in [1.54, 1.807) is 12.1 Å². The molecular formula is C20H20N4O3S. The lowest BCUT2D eigenvalue weighted by Crippen LogP contribution is -2.28. The van der Waals surface area contributed by atoms with Crippen molar-refractivity contribution >= 4 is 39.1 Å². The number of amides is 2. The fourth-order valence-corrected chi connectivity index (χ4v) is 5.00. The maximum absolute atomic E-state index is 12.7. The number of nitrogens with one attached hydrogen (secondary N) is 1. The Morgan fingerprint density at radius 2 is 2.07 bits per heavy atom. The Kier molecular flexibility index (Phi) is 4.72. The van der Waals surface area contributed by atoms with Gasteiger partial charge in [0.05, 0.1) is 22.8 Å². The second kappa shape index (κ2) is 7.20. The van der Waals surface area contributed by atoms with E-state index < -0.39 is 11.8 Å². The molecule has 1 aromatic carbocycles. The van der Waals surface area contributed by atoms with Crippen LogP contribution in [0.4, 0.5) is 5.00 Å². The molecule has 0 spiro atoms. The number of anilines is 1. The van der Waals surface area contributed by atoms with Crippen molar-refractivity contribution in [3.63, 3.8) is 0 Å². The number of rotatable bonds is 4. The van der Waals surface area contributed by atoms with Crippen LogP contribution >= 0.6 is 11.3 Å². The molecule has 2 aromatic heterocycles. The van der Waals surface area contributed by atoms with Gasteiger partial charge in [0.25, 0.3) is 11.5 Å². The maximum atomic E-state index is 12.7. The van der Waals surface area contributed by atoms with Crippen LogP contribution in [0.2, 0.25) is 0 Å². The number of nitrogens with zero attached hydrogens (tertiary/aromatic N) is 2. The summed E-state index contributed by atoms with van der Waals surface area (Å²) >= 11 is 1.40. The number of aromatic nitrogens is 2. The number of thiophene rings is 1. The predicted molar refractivity (Wildman–Crippen MR) is 109 cm³/mol. The lowest BCUT2D eigenvalue weighted by atomic mass is 9.95. The third kappa shape index (κ3) is 3.20. The molecule has 3 N–H and O–H groups in total. The standard InChI is InChI=1S/C20H20N4O3S/c1-11-5-4-7-13-17(11)22-10-24(20(13)27)9-15(25)23-19-16(18(21)26)12-6-2-3-8-14(12)28-19/h4-5,7,10H,2-3,6,8-9H2,1H3,(H2,21,26)(H,23,25). The van der Waals surface area contributed by atoms with Gasteiger partial charge in [-0.25, -0.2) is 4.98 Å². The van der Waals surface area contributed by atoms with Gasteiger partial charge in [0.1, 0.15) is 11.5 Å². The zero-order valence-corrected chi connectivity index (χ0v) is 16.3. The SMILES string of the molecule is Cc1cccc2c(=O)n(CC(=O)Nc3sc4c(c3C(N)=O)CCCC4)cnc12. The number of primary amides is 1. The van der Waals surface area contributed by atoms with Crippen molar-refractivity contribution in [2.45, 2.75) is 39.2 Å². The summed E-state index contributed by atoms with van der Waals surface area (Å²) in [5, 5.41) is 3.72. The van der Waals surface area contributed by atoms with Crippen LogP contribution in [-0.2, 0) is 24.2 Å². The lowest BCUT2D eigenvalue weighted by molar-refractivity contribution is -0.116. The Balaban J connectivity index is 1.61. The van der Waals surface area contributed by atoms with E-state index in [-0.39, 0.29) is 12.1 Å². The summed E-state index contributed by atoms with van der Waals surface area (Å²) < 4.78 is 1.27. The van der Waals surface area contributed by atoms with Crippen LogP contribution in [0.1, 0.15) is 39.2 Å². The van der Waals surface area contributed by atoms with E-state index in [0.29, 0.717) is 21.5 Å². The van der Waals surface area contributed by atoms with E-state index >= 15 is 0 Å². The van der Waals surface area contributed by atoms with E-state index in [9.17, 15) is 14.4 Å². The van der Waals surface area contributed by atoms with Gasteiger partial charge in [0.15, 0.2) is 0 Å². The summed E-state index contributed by atoms with van der Waals surface area (Å²) in [6, 6.07) is 5.38. The van der Waals surface area contributed by atoms with E-state index in [1.165, 1.54) is 22.2 Å². The minimum Gasteiger partial charge on any atom is -0.365 e. The number of nitrogens with two attached hydrogens (primary N) is 1. The summed E-state index contributed by atoms with van der Waals surface area (Å²) in [6.07, 6.45) is 5.15. The monoisotopic (exact) mass is 396 g/mol. The highest BCUT2D eigenvalue weighted by Gasteiger charge is 2.25. The highest BCUT2D eigenvalue weighted by molar-refractivity contribution is 7.17. The molecule has 8 heteroatoms. The maximum Gasteiger partial charge on any atom is 0.261 e. The minimum atomic E-state index is -0.533. The predicted octanol–water partition coefficient (Wildman–Crippen LogP) is 2.38. The Labute approximate surface area is 165 Å². The average Bonchev–Trinajstić information content (AvgIpc) is 3.02. The Bertz CT molecular complexity index is 1160. The lowest BCUT2D eigenvalue weighted by Gasteiger charge is -2.11. The van der Waals surface area contributed by atoms with Gasteiger partial charge in [-0.05, 0) is 49.8 Å². The van der Waals surface area contributed by atoms with E-state index in [4.69, 9.17) is 5.73 Å². The van der Waals surface area contributed by atoms with Crippen LogP contribution in [-0.4, -0.2) is 21.4 Å². The molecule has 2 heterocycles. The van der Waals surface area contributed by atoms with Gasteiger partial charge in [-0.1, -0.05) is 12.1 Å². The number of benzene rings is 1. The number of hydrogen-bond acceptors (Lipinski definition) is 5. The van der Waals surface area contributed by atoms with Gasteiger partial charge in [0.2, 0.25) is 5.91 Å². The Hall–Kier alpha value is -3.00. The quantitative estimate of drug-likeness (QED) is 0.706. The van der Waals surface area contributed by atoms with Crippen molar-refractivity contribution in [1.82, 2.24) is 9.55 Å². The zero-order valence-electron chi connectivity index (χ0n) is 15.4. The summed E-state index contributed by atoms with van der Waals surface area (Å²) in [7, 11) is 0.